The fraction of sp³-hybridized carbons (Fsp3) is 0.276. The number of nitrogen functional groups attached to an aromatic ring is 1. The lowest BCUT2D eigenvalue weighted by Crippen LogP contribution is -2.37. The first kappa shape index (κ1) is 25.0. The highest BCUT2D eigenvalue weighted by Gasteiger charge is 2.26. The third-order valence-electron chi connectivity index (χ3n) is 6.36. The molecule has 1 aliphatic carbocycles. The zero-order chi connectivity index (χ0) is 26.7. The molecule has 0 radical (unpaired) electrons. The van der Waals surface area contributed by atoms with Crippen molar-refractivity contribution in [3.05, 3.63) is 72.6 Å². The molecule has 5 rings (SSSR count). The largest absolute Gasteiger partial charge is 0.457 e. The number of carbonyl (C=O) groups is 1. The van der Waals surface area contributed by atoms with Gasteiger partial charge < -0.3 is 15.8 Å². The van der Waals surface area contributed by atoms with Gasteiger partial charge in [0, 0.05) is 17.5 Å². The Kier molecular flexibility index (Phi) is 6.79. The molecule has 38 heavy (non-hydrogen) atoms. The number of amides is 1. The maximum Gasteiger partial charge on any atom is 0.261 e. The maximum absolute atomic E-state index is 12.6. The maximum atomic E-state index is 12.6. The van der Waals surface area contributed by atoms with Crippen LogP contribution in [0, 0.1) is 22.7 Å². The van der Waals surface area contributed by atoms with E-state index in [1.54, 1.807) is 10.8 Å². The highest BCUT2D eigenvalue weighted by Crippen LogP contribution is 2.33. The van der Waals surface area contributed by atoms with Crippen molar-refractivity contribution in [3.63, 3.8) is 0 Å². The minimum atomic E-state index is -0.390. The summed E-state index contributed by atoms with van der Waals surface area (Å²) in [6.07, 6.45) is 5.26. The topological polar surface area (TPSA) is 132 Å². The van der Waals surface area contributed by atoms with Gasteiger partial charge in [0.25, 0.3) is 5.91 Å². The van der Waals surface area contributed by atoms with Crippen molar-refractivity contribution in [1.29, 1.82) is 5.26 Å². The Bertz CT molecular complexity index is 1530. The molecule has 0 bridgehead atoms. The number of aromatic nitrogens is 4. The van der Waals surface area contributed by atoms with Gasteiger partial charge in [-0.05, 0) is 55.2 Å². The number of ether oxygens (including phenoxy) is 1. The van der Waals surface area contributed by atoms with Crippen LogP contribution in [0.2, 0.25) is 0 Å². The van der Waals surface area contributed by atoms with Crippen molar-refractivity contribution in [1.82, 2.24) is 25.1 Å². The third-order valence-corrected chi connectivity index (χ3v) is 6.36. The molecule has 0 atom stereocenters. The van der Waals surface area contributed by atoms with Crippen LogP contribution in [0.3, 0.4) is 0 Å². The molecule has 1 aliphatic rings. The summed E-state index contributed by atoms with van der Waals surface area (Å²) in [6.45, 7) is 4.87. The lowest BCUT2D eigenvalue weighted by molar-refractivity contribution is -0.117. The first-order valence-electron chi connectivity index (χ1n) is 12.5. The van der Waals surface area contributed by atoms with E-state index in [2.05, 4.69) is 15.3 Å². The second-order valence-electron chi connectivity index (χ2n) is 10.3. The summed E-state index contributed by atoms with van der Waals surface area (Å²) in [7, 11) is 0. The van der Waals surface area contributed by atoms with Gasteiger partial charge in [0.15, 0.2) is 5.65 Å². The molecule has 0 spiro atoms. The number of benzene rings is 2. The van der Waals surface area contributed by atoms with Crippen LogP contribution in [0.4, 0.5) is 5.82 Å². The number of para-hydroxylation sites is 1. The van der Waals surface area contributed by atoms with Gasteiger partial charge in [-0.2, -0.15) is 10.4 Å². The lowest BCUT2D eigenvalue weighted by Gasteiger charge is -2.25. The predicted octanol–water partition coefficient (Wildman–Crippen LogP) is 4.87. The van der Waals surface area contributed by atoms with Gasteiger partial charge >= 0.3 is 0 Å². The molecule has 0 saturated heterocycles. The second kappa shape index (κ2) is 10.3. The average Bonchev–Trinajstić information content (AvgIpc) is 3.67. The summed E-state index contributed by atoms with van der Waals surface area (Å²) in [4.78, 5) is 21.2. The zero-order valence-corrected chi connectivity index (χ0v) is 21.4. The van der Waals surface area contributed by atoms with Crippen LogP contribution in [-0.2, 0) is 11.3 Å². The monoisotopic (exact) mass is 507 g/mol. The molecular weight excluding hydrogens is 478 g/mol. The quantitative estimate of drug-likeness (QED) is 0.244. The molecule has 4 aromatic rings. The van der Waals surface area contributed by atoms with Crippen molar-refractivity contribution in [2.45, 2.75) is 33.2 Å². The Morgan fingerprint density at radius 3 is 2.55 bits per heavy atom. The number of allylic oxidation sites excluding steroid dienone is 1. The van der Waals surface area contributed by atoms with Gasteiger partial charge in [-0.1, -0.05) is 38.1 Å². The Hall–Kier alpha value is -4.71. The number of nitriles is 1. The normalized spacial score (nSPS) is 13.8. The number of nitrogens with one attached hydrogen (secondary N) is 1. The van der Waals surface area contributed by atoms with Crippen LogP contribution in [-0.4, -0.2) is 32.2 Å². The Balaban J connectivity index is 1.36. The van der Waals surface area contributed by atoms with E-state index in [1.165, 1.54) is 6.33 Å². The van der Waals surface area contributed by atoms with Gasteiger partial charge in [0.05, 0.1) is 11.9 Å². The summed E-state index contributed by atoms with van der Waals surface area (Å²) in [5, 5.41) is 17.8. The number of nitrogens with zero attached hydrogens (tertiary/aromatic N) is 5. The SMILES string of the molecule is CC(C)(CNC(=O)/C(C#N)=C/C1CC1)Cn1nc(-c2ccc(Oc3ccccc3)cc2)c2c(N)ncnc21. The summed E-state index contributed by atoms with van der Waals surface area (Å²) in [6, 6.07) is 19.2. The Labute approximate surface area is 221 Å². The van der Waals surface area contributed by atoms with Crippen LogP contribution in [0.5, 0.6) is 11.5 Å². The van der Waals surface area contributed by atoms with E-state index in [-0.39, 0.29) is 16.9 Å². The van der Waals surface area contributed by atoms with Gasteiger partial charge in [-0.25, -0.2) is 14.6 Å². The standard InChI is InChI=1S/C29H29N7O2/c1-29(2,16-32-28(37)21(15-30)14-19-8-9-19)17-36-27-24(26(31)33-18-34-27)25(35-36)20-10-12-23(13-11-20)38-22-6-4-3-5-7-22/h3-7,10-14,18-19H,8-9,16-17H2,1-2H3,(H,32,37)(H2,31,33,34)/b21-14+. The molecular formula is C29H29N7O2. The van der Waals surface area contributed by atoms with Crippen LogP contribution in [0.1, 0.15) is 26.7 Å². The summed E-state index contributed by atoms with van der Waals surface area (Å²) >= 11 is 0. The minimum absolute atomic E-state index is 0.176. The molecule has 192 valence electrons. The van der Waals surface area contributed by atoms with Crippen LogP contribution < -0.4 is 15.8 Å². The summed E-state index contributed by atoms with van der Waals surface area (Å²) in [5.41, 5.74) is 8.19. The van der Waals surface area contributed by atoms with Crippen molar-refractivity contribution in [2.75, 3.05) is 12.3 Å². The molecule has 1 amide bonds. The zero-order valence-electron chi connectivity index (χ0n) is 21.4. The smallest absolute Gasteiger partial charge is 0.261 e. The second-order valence-corrected chi connectivity index (χ2v) is 10.3. The number of carbonyl (C=O) groups excluding carboxylic acids is 1. The molecule has 9 nitrogen and oxygen atoms in total. The van der Waals surface area contributed by atoms with E-state index < -0.39 is 0 Å². The van der Waals surface area contributed by atoms with Crippen molar-refractivity contribution in [3.8, 4) is 28.8 Å². The first-order valence-corrected chi connectivity index (χ1v) is 12.5. The lowest BCUT2D eigenvalue weighted by atomic mass is 9.93. The number of anilines is 1. The van der Waals surface area contributed by atoms with E-state index >= 15 is 0 Å². The average molecular weight is 508 g/mol. The third kappa shape index (κ3) is 5.65. The molecule has 1 saturated carbocycles. The van der Waals surface area contributed by atoms with Crippen LogP contribution >= 0.6 is 0 Å². The number of rotatable bonds is 9. The molecule has 2 aromatic carbocycles. The number of nitrogens with two attached hydrogens (primary N) is 1. The highest BCUT2D eigenvalue weighted by molar-refractivity contribution is 5.98. The molecule has 2 heterocycles. The van der Waals surface area contributed by atoms with E-state index in [0.717, 1.165) is 24.2 Å². The van der Waals surface area contributed by atoms with E-state index in [1.807, 2.05) is 74.5 Å². The van der Waals surface area contributed by atoms with E-state index in [4.69, 9.17) is 15.6 Å². The predicted molar refractivity (Wildman–Crippen MR) is 145 cm³/mol. The first-order chi connectivity index (χ1) is 18.3. The number of fused-ring (bicyclic) bond motifs is 1. The fourth-order valence-corrected chi connectivity index (χ4v) is 4.19. The van der Waals surface area contributed by atoms with Crippen molar-refractivity contribution in [2.24, 2.45) is 11.3 Å². The Morgan fingerprint density at radius 2 is 1.87 bits per heavy atom. The summed E-state index contributed by atoms with van der Waals surface area (Å²) < 4.78 is 7.71. The minimum Gasteiger partial charge on any atom is -0.457 e. The van der Waals surface area contributed by atoms with Crippen LogP contribution in [0.25, 0.3) is 22.3 Å². The van der Waals surface area contributed by atoms with Crippen LogP contribution in [0.15, 0.2) is 72.6 Å². The fourth-order valence-electron chi connectivity index (χ4n) is 4.19. The number of hydrogen-bond acceptors (Lipinski definition) is 7. The van der Waals surface area contributed by atoms with Gasteiger partial charge in [-0.15, -0.1) is 0 Å². The number of hydrogen-bond donors (Lipinski definition) is 2. The Morgan fingerprint density at radius 1 is 1.16 bits per heavy atom. The highest BCUT2D eigenvalue weighted by atomic mass is 16.5. The van der Waals surface area contributed by atoms with Crippen molar-refractivity contribution < 1.29 is 9.53 Å². The van der Waals surface area contributed by atoms with Gasteiger partial charge in [0.2, 0.25) is 0 Å². The van der Waals surface area contributed by atoms with Crippen molar-refractivity contribution >= 4 is 22.8 Å². The molecule has 3 N–H and O–H groups in total. The molecule has 2 aromatic heterocycles. The molecule has 1 fully saturated rings. The molecule has 0 aliphatic heterocycles. The van der Waals surface area contributed by atoms with Gasteiger partial charge in [-0.3, -0.25) is 4.79 Å². The van der Waals surface area contributed by atoms with E-state index in [0.29, 0.717) is 47.3 Å². The summed E-state index contributed by atoms with van der Waals surface area (Å²) in [5.74, 6) is 1.81. The molecule has 0 unspecified atom stereocenters. The van der Waals surface area contributed by atoms with Gasteiger partial charge in [0.1, 0.15) is 41.0 Å². The molecule has 9 heteroatoms. The van der Waals surface area contributed by atoms with E-state index in [9.17, 15) is 10.1 Å².